The molecule has 1 fully saturated rings. The fraction of sp³-hybridized carbons (Fsp3) is 0.538. The molecule has 1 aromatic heterocycles. The number of nitrogens with one attached hydrogen (secondary N) is 3. The van der Waals surface area contributed by atoms with Crippen molar-refractivity contribution in [2.75, 3.05) is 13.1 Å². The van der Waals surface area contributed by atoms with Crippen molar-refractivity contribution in [3.05, 3.63) is 41.9 Å². The van der Waals surface area contributed by atoms with Crippen molar-refractivity contribution in [1.29, 1.82) is 0 Å². The van der Waals surface area contributed by atoms with E-state index in [4.69, 9.17) is 0 Å². The Morgan fingerprint density at radius 3 is 2.65 bits per heavy atom. The Hall–Kier alpha value is -3.50. The van der Waals surface area contributed by atoms with Crippen LogP contribution >= 0.6 is 0 Å². The van der Waals surface area contributed by atoms with Crippen molar-refractivity contribution in [2.45, 2.75) is 72.4 Å². The van der Waals surface area contributed by atoms with Crippen LogP contribution in [0.1, 0.15) is 65.6 Å². The first kappa shape index (κ1) is 28.1. The summed E-state index contributed by atoms with van der Waals surface area (Å²) in [5.74, 6) is -1.72. The van der Waals surface area contributed by atoms with E-state index in [0.717, 1.165) is 36.4 Å². The molecule has 1 aromatic carbocycles. The van der Waals surface area contributed by atoms with Gasteiger partial charge in [-0.05, 0) is 50.2 Å². The number of likely N-dealkylation sites (tertiary alicyclic amines) is 1. The zero-order valence-electron chi connectivity index (χ0n) is 21.9. The minimum absolute atomic E-state index is 0.0650. The molecular weight excluding hydrogens is 482 g/mol. The van der Waals surface area contributed by atoms with Gasteiger partial charge in [-0.15, -0.1) is 0 Å². The number of halogens is 2. The number of hydrogen-bond donors (Lipinski definition) is 3. The summed E-state index contributed by atoms with van der Waals surface area (Å²) in [6.07, 6.45) is 5.03. The van der Waals surface area contributed by atoms with E-state index in [1.54, 1.807) is 4.90 Å². The molecule has 0 aliphatic carbocycles. The molecule has 0 radical (unpaired) electrons. The number of carbonyl (C=O) groups excluding carboxylic acids is 3. The Balaban J connectivity index is 1.66. The SMILES string of the molecule is C[C@H]1CCCCN1C(=O)CN(NC(=O)CCC(C)(C)C)C(=O)NCc1ncc(-c2ccc(F)cc2F)[nH]1. The van der Waals surface area contributed by atoms with Crippen LogP contribution < -0.4 is 10.7 Å². The number of carbonyl (C=O) groups is 3. The van der Waals surface area contributed by atoms with E-state index < -0.39 is 17.7 Å². The predicted molar refractivity (Wildman–Crippen MR) is 135 cm³/mol. The fourth-order valence-corrected chi connectivity index (χ4v) is 4.10. The molecule has 4 amide bonds. The molecule has 9 nitrogen and oxygen atoms in total. The van der Waals surface area contributed by atoms with E-state index in [-0.39, 0.29) is 48.3 Å². The molecule has 1 aliphatic rings. The van der Waals surface area contributed by atoms with Gasteiger partial charge in [0.2, 0.25) is 11.8 Å². The number of piperidine rings is 1. The van der Waals surface area contributed by atoms with Gasteiger partial charge in [-0.1, -0.05) is 20.8 Å². The molecule has 202 valence electrons. The summed E-state index contributed by atoms with van der Waals surface area (Å²) in [6.45, 7) is 8.26. The fourth-order valence-electron chi connectivity index (χ4n) is 4.10. The number of amides is 4. The van der Waals surface area contributed by atoms with Crippen LogP contribution in [0, 0.1) is 17.0 Å². The third-order valence-electron chi connectivity index (χ3n) is 6.28. The Labute approximate surface area is 216 Å². The maximum Gasteiger partial charge on any atom is 0.336 e. The monoisotopic (exact) mass is 518 g/mol. The summed E-state index contributed by atoms with van der Waals surface area (Å²) in [5.41, 5.74) is 2.97. The maximum absolute atomic E-state index is 14.1. The van der Waals surface area contributed by atoms with Gasteiger partial charge in [0.25, 0.3) is 0 Å². The number of rotatable bonds is 7. The van der Waals surface area contributed by atoms with Gasteiger partial charge in [0.05, 0.1) is 18.4 Å². The summed E-state index contributed by atoms with van der Waals surface area (Å²) < 4.78 is 27.3. The Morgan fingerprint density at radius 1 is 1.22 bits per heavy atom. The normalized spacial score (nSPS) is 15.8. The van der Waals surface area contributed by atoms with E-state index >= 15 is 0 Å². The molecule has 3 N–H and O–H groups in total. The number of aromatic amines is 1. The van der Waals surface area contributed by atoms with Crippen LogP contribution in [0.4, 0.5) is 13.6 Å². The average molecular weight is 519 g/mol. The molecule has 1 atom stereocenters. The first-order chi connectivity index (χ1) is 17.4. The second-order valence-electron chi connectivity index (χ2n) is 10.6. The average Bonchev–Trinajstić information content (AvgIpc) is 3.29. The predicted octanol–water partition coefficient (Wildman–Crippen LogP) is 4.13. The molecule has 2 heterocycles. The highest BCUT2D eigenvalue weighted by Gasteiger charge is 2.28. The van der Waals surface area contributed by atoms with Crippen LogP contribution in [0.3, 0.4) is 0 Å². The third kappa shape index (κ3) is 8.26. The lowest BCUT2D eigenvalue weighted by Crippen LogP contribution is -2.56. The standard InChI is InChI=1S/C26H36F2N6O3/c1-17-7-5-6-12-33(17)24(36)16-34(32-23(35)10-11-26(2,3)4)25(37)30-15-22-29-14-21(31-22)19-9-8-18(27)13-20(19)28/h8-9,13-14,17H,5-7,10-12,15-16H2,1-4H3,(H,29,31)(H,30,37)(H,32,35)/t17-/m0/s1. The van der Waals surface area contributed by atoms with Crippen LogP contribution in [0.2, 0.25) is 0 Å². The lowest BCUT2D eigenvalue weighted by Gasteiger charge is -2.35. The number of imidazole rings is 1. The zero-order valence-corrected chi connectivity index (χ0v) is 21.9. The maximum atomic E-state index is 14.1. The van der Waals surface area contributed by atoms with Crippen molar-refractivity contribution < 1.29 is 23.2 Å². The van der Waals surface area contributed by atoms with Crippen LogP contribution in [-0.4, -0.2) is 56.9 Å². The van der Waals surface area contributed by atoms with E-state index in [1.807, 2.05) is 27.7 Å². The second-order valence-corrected chi connectivity index (χ2v) is 10.6. The smallest absolute Gasteiger partial charge is 0.336 e. The first-order valence-electron chi connectivity index (χ1n) is 12.6. The molecule has 1 saturated heterocycles. The van der Waals surface area contributed by atoms with Gasteiger partial charge >= 0.3 is 6.03 Å². The topological polar surface area (TPSA) is 110 Å². The largest absolute Gasteiger partial charge is 0.340 e. The molecular formula is C26H36F2N6O3. The van der Waals surface area contributed by atoms with Gasteiger partial charge in [-0.25, -0.2) is 23.6 Å². The van der Waals surface area contributed by atoms with Gasteiger partial charge in [0, 0.05) is 30.6 Å². The van der Waals surface area contributed by atoms with Gasteiger partial charge in [-0.2, -0.15) is 0 Å². The van der Waals surface area contributed by atoms with E-state index in [1.165, 1.54) is 12.3 Å². The number of hydrogen-bond acceptors (Lipinski definition) is 4. The van der Waals surface area contributed by atoms with Gasteiger partial charge in [-0.3, -0.25) is 15.0 Å². The molecule has 11 heteroatoms. The van der Waals surface area contributed by atoms with E-state index in [2.05, 4.69) is 20.7 Å². The highest BCUT2D eigenvalue weighted by Crippen LogP contribution is 2.22. The Kier molecular flexibility index (Phi) is 9.23. The van der Waals surface area contributed by atoms with Crippen LogP contribution in [0.15, 0.2) is 24.4 Å². The quantitative estimate of drug-likeness (QED) is 0.479. The third-order valence-corrected chi connectivity index (χ3v) is 6.28. The van der Waals surface area contributed by atoms with Crippen LogP contribution in [0.5, 0.6) is 0 Å². The van der Waals surface area contributed by atoms with Gasteiger partial charge in [0.1, 0.15) is 24.0 Å². The van der Waals surface area contributed by atoms with E-state index in [9.17, 15) is 23.2 Å². The number of benzene rings is 1. The van der Waals surface area contributed by atoms with Gasteiger partial charge < -0.3 is 15.2 Å². The number of nitrogens with zero attached hydrogens (tertiary/aromatic N) is 3. The molecule has 0 spiro atoms. The second kappa shape index (κ2) is 12.2. The van der Waals surface area contributed by atoms with Crippen LogP contribution in [0.25, 0.3) is 11.3 Å². The highest BCUT2D eigenvalue weighted by molar-refractivity contribution is 5.86. The minimum Gasteiger partial charge on any atom is -0.340 e. The number of H-pyrrole nitrogens is 1. The first-order valence-corrected chi connectivity index (χ1v) is 12.6. The number of hydrazine groups is 1. The summed E-state index contributed by atoms with van der Waals surface area (Å²) >= 11 is 0. The van der Waals surface area contributed by atoms with Crippen molar-refractivity contribution >= 4 is 17.8 Å². The summed E-state index contributed by atoms with van der Waals surface area (Å²) in [7, 11) is 0. The molecule has 0 bridgehead atoms. The Bertz CT molecular complexity index is 1110. The lowest BCUT2D eigenvalue weighted by atomic mass is 9.90. The number of urea groups is 1. The van der Waals surface area contributed by atoms with Crippen molar-refractivity contribution in [3.8, 4) is 11.3 Å². The summed E-state index contributed by atoms with van der Waals surface area (Å²) in [5, 5.41) is 3.64. The van der Waals surface area contributed by atoms with E-state index in [0.29, 0.717) is 24.5 Å². The number of aromatic nitrogens is 2. The summed E-state index contributed by atoms with van der Waals surface area (Å²) in [4.78, 5) is 47.3. The molecule has 0 saturated carbocycles. The molecule has 2 aromatic rings. The van der Waals surface area contributed by atoms with Crippen molar-refractivity contribution in [3.63, 3.8) is 0 Å². The summed E-state index contributed by atoms with van der Waals surface area (Å²) in [6, 6.07) is 2.60. The van der Waals surface area contributed by atoms with Gasteiger partial charge in [0.15, 0.2) is 0 Å². The van der Waals surface area contributed by atoms with Crippen molar-refractivity contribution in [1.82, 2.24) is 30.6 Å². The lowest BCUT2D eigenvalue weighted by molar-refractivity contribution is -0.136. The highest BCUT2D eigenvalue weighted by atomic mass is 19.1. The van der Waals surface area contributed by atoms with Crippen molar-refractivity contribution in [2.24, 2.45) is 5.41 Å². The molecule has 1 aliphatic heterocycles. The Morgan fingerprint density at radius 2 is 1.97 bits per heavy atom. The molecule has 0 unspecified atom stereocenters. The zero-order chi connectivity index (χ0) is 27.2. The minimum atomic E-state index is -0.742. The molecule has 37 heavy (non-hydrogen) atoms. The molecule has 3 rings (SSSR count). The van der Waals surface area contributed by atoms with Crippen LogP contribution in [-0.2, 0) is 16.1 Å².